The van der Waals surface area contributed by atoms with E-state index in [2.05, 4.69) is 60.7 Å². The van der Waals surface area contributed by atoms with Crippen LogP contribution in [-0.2, 0) is 9.22 Å². The maximum atomic E-state index is 11.2. The Bertz CT molecular complexity index is 499. The normalized spacial score (nSPS) is 25.7. The summed E-state index contributed by atoms with van der Waals surface area (Å²) in [7, 11) is -1.30. The fourth-order valence-corrected chi connectivity index (χ4v) is 5.35. The quantitative estimate of drug-likeness (QED) is 0.501. The van der Waals surface area contributed by atoms with Crippen LogP contribution in [0.2, 0.25) is 13.1 Å². The van der Waals surface area contributed by atoms with Gasteiger partial charge in [-0.1, -0.05) is 41.5 Å². The van der Waals surface area contributed by atoms with Gasteiger partial charge in [-0.25, -0.2) is 0 Å². The van der Waals surface area contributed by atoms with Crippen molar-refractivity contribution in [3.8, 4) is 0 Å². The molecular formula is C21H40O4Si. The van der Waals surface area contributed by atoms with Gasteiger partial charge in [-0.2, -0.15) is 0 Å². The number of carbonyl (C=O) groups is 1. The van der Waals surface area contributed by atoms with Gasteiger partial charge in [0.25, 0.3) is 0 Å². The van der Waals surface area contributed by atoms with E-state index in [1.54, 1.807) is 0 Å². The molecule has 1 rings (SSSR count). The minimum atomic E-state index is -1.30. The monoisotopic (exact) mass is 384 g/mol. The highest BCUT2D eigenvalue weighted by Crippen LogP contribution is 2.44. The van der Waals surface area contributed by atoms with Gasteiger partial charge in [0.1, 0.15) is 0 Å². The topological polar surface area (TPSA) is 66.8 Å². The molecule has 2 unspecified atom stereocenters. The molecule has 0 aromatic carbocycles. The first-order valence-corrected chi connectivity index (χ1v) is 12.7. The van der Waals surface area contributed by atoms with Crippen molar-refractivity contribution in [2.24, 2.45) is 22.7 Å². The van der Waals surface area contributed by atoms with E-state index in [0.717, 1.165) is 18.6 Å². The number of hydrogen-bond acceptors (Lipinski definition) is 3. The van der Waals surface area contributed by atoms with Gasteiger partial charge in [-0.05, 0) is 61.6 Å². The van der Waals surface area contributed by atoms with Crippen LogP contribution >= 0.6 is 0 Å². The van der Waals surface area contributed by atoms with Crippen molar-refractivity contribution in [3.63, 3.8) is 0 Å². The van der Waals surface area contributed by atoms with Crippen LogP contribution in [0.4, 0.5) is 0 Å². The van der Waals surface area contributed by atoms with Crippen LogP contribution in [0.5, 0.6) is 0 Å². The zero-order chi connectivity index (χ0) is 20.3. The van der Waals surface area contributed by atoms with Crippen molar-refractivity contribution in [2.75, 3.05) is 0 Å². The molecule has 1 saturated carbocycles. The Balaban J connectivity index is 3.21. The third-order valence-corrected chi connectivity index (χ3v) is 6.02. The van der Waals surface area contributed by atoms with Crippen LogP contribution < -0.4 is 0 Å². The van der Waals surface area contributed by atoms with Crippen molar-refractivity contribution in [1.82, 2.24) is 0 Å². The predicted molar refractivity (Wildman–Crippen MR) is 110 cm³/mol. The fraction of sp³-hybridized carbons (Fsp3) is 0.857. The first-order chi connectivity index (χ1) is 11.6. The van der Waals surface area contributed by atoms with Crippen LogP contribution in [0, 0.1) is 22.7 Å². The molecule has 1 aliphatic carbocycles. The highest BCUT2D eigenvalue weighted by Gasteiger charge is 2.40. The van der Waals surface area contributed by atoms with E-state index in [4.69, 9.17) is 9.53 Å². The van der Waals surface area contributed by atoms with E-state index in [9.17, 15) is 9.90 Å². The van der Waals surface area contributed by atoms with Crippen molar-refractivity contribution in [3.05, 3.63) is 11.8 Å². The van der Waals surface area contributed by atoms with Crippen LogP contribution in [0.25, 0.3) is 0 Å². The molecule has 0 aromatic rings. The maximum absolute atomic E-state index is 11.2. The molecule has 1 fully saturated rings. The van der Waals surface area contributed by atoms with E-state index in [1.165, 1.54) is 0 Å². The summed E-state index contributed by atoms with van der Waals surface area (Å²) in [5, 5.41) is 20.0. The van der Waals surface area contributed by atoms with E-state index < -0.39 is 20.6 Å². The van der Waals surface area contributed by atoms with Gasteiger partial charge in [0.05, 0.1) is 17.8 Å². The third-order valence-electron chi connectivity index (χ3n) is 5.27. The number of allylic oxidation sites excluding steroid dienone is 2. The molecule has 0 amide bonds. The van der Waals surface area contributed by atoms with Crippen molar-refractivity contribution < 1.29 is 19.4 Å². The molecule has 5 heteroatoms. The van der Waals surface area contributed by atoms with Gasteiger partial charge in [0.2, 0.25) is 9.04 Å². The SMILES string of the molecule is C[SiH](C)OC(=CC(C(C)(C)C)C(C)(C)C)C1CCCC(O)(CC(=O)O)C1. The van der Waals surface area contributed by atoms with Gasteiger partial charge < -0.3 is 14.6 Å². The Morgan fingerprint density at radius 1 is 1.23 bits per heavy atom. The molecule has 0 spiro atoms. The molecule has 4 nitrogen and oxygen atoms in total. The minimum Gasteiger partial charge on any atom is -0.550 e. The average Bonchev–Trinajstić information content (AvgIpc) is 2.38. The summed E-state index contributed by atoms with van der Waals surface area (Å²) in [6, 6.07) is 0. The molecule has 2 N–H and O–H groups in total. The van der Waals surface area contributed by atoms with Crippen molar-refractivity contribution in [1.29, 1.82) is 0 Å². The Morgan fingerprint density at radius 3 is 2.19 bits per heavy atom. The molecule has 0 aliphatic heterocycles. The number of aliphatic carboxylic acids is 1. The summed E-state index contributed by atoms with van der Waals surface area (Å²) in [4.78, 5) is 11.2. The zero-order valence-electron chi connectivity index (χ0n) is 18.1. The average molecular weight is 385 g/mol. The maximum Gasteiger partial charge on any atom is 0.306 e. The number of carboxylic acids is 1. The van der Waals surface area contributed by atoms with E-state index in [-0.39, 0.29) is 23.2 Å². The molecule has 26 heavy (non-hydrogen) atoms. The van der Waals surface area contributed by atoms with Gasteiger partial charge >= 0.3 is 5.97 Å². The second-order valence-electron chi connectivity index (χ2n) is 10.5. The first-order valence-electron chi connectivity index (χ1n) is 9.96. The summed E-state index contributed by atoms with van der Waals surface area (Å²) in [5.74, 6) is 0.493. The van der Waals surface area contributed by atoms with Gasteiger partial charge in [-0.15, -0.1) is 0 Å². The number of hydrogen-bond donors (Lipinski definition) is 2. The second-order valence-corrected chi connectivity index (χ2v) is 12.9. The van der Waals surface area contributed by atoms with Crippen LogP contribution in [0.15, 0.2) is 11.8 Å². The van der Waals surface area contributed by atoms with Gasteiger partial charge in [-0.3, -0.25) is 4.79 Å². The largest absolute Gasteiger partial charge is 0.550 e. The number of aliphatic hydroxyl groups is 1. The smallest absolute Gasteiger partial charge is 0.306 e. The zero-order valence-corrected chi connectivity index (χ0v) is 19.2. The molecule has 0 radical (unpaired) electrons. The van der Waals surface area contributed by atoms with Crippen LogP contribution in [-0.4, -0.2) is 30.8 Å². The molecule has 2 atom stereocenters. The molecule has 0 aromatic heterocycles. The van der Waals surface area contributed by atoms with E-state index in [1.807, 2.05) is 0 Å². The Morgan fingerprint density at radius 2 is 1.77 bits per heavy atom. The predicted octanol–water partition coefficient (Wildman–Crippen LogP) is 4.97. The van der Waals surface area contributed by atoms with Crippen LogP contribution in [0.1, 0.15) is 73.6 Å². The summed E-state index contributed by atoms with van der Waals surface area (Å²) >= 11 is 0. The molecule has 0 heterocycles. The van der Waals surface area contributed by atoms with Crippen molar-refractivity contribution >= 4 is 15.0 Å². The number of rotatable bonds is 6. The Kier molecular flexibility index (Phi) is 7.56. The van der Waals surface area contributed by atoms with Crippen molar-refractivity contribution in [2.45, 2.75) is 92.3 Å². The molecular weight excluding hydrogens is 344 g/mol. The van der Waals surface area contributed by atoms with Gasteiger partial charge in [0.15, 0.2) is 0 Å². The highest BCUT2D eigenvalue weighted by atomic mass is 28.3. The Hall–Kier alpha value is -0.813. The number of carboxylic acid groups (broad SMARTS) is 1. The summed E-state index contributed by atoms with van der Waals surface area (Å²) in [6.45, 7) is 17.8. The van der Waals surface area contributed by atoms with Crippen LogP contribution in [0.3, 0.4) is 0 Å². The van der Waals surface area contributed by atoms with Gasteiger partial charge in [0, 0.05) is 5.92 Å². The first kappa shape index (κ1) is 23.2. The molecule has 0 saturated heterocycles. The standard InChI is InChI=1S/C21H40O4Si/c1-19(2,3)17(20(4,5)6)12-16(25-26(7)8)15-10-9-11-21(24,13-15)14-18(22)23/h12,15,17,24,26H,9-11,13-14H2,1-8H3,(H,22,23). The second kappa shape index (κ2) is 8.47. The van der Waals surface area contributed by atoms with E-state index >= 15 is 0 Å². The lowest BCUT2D eigenvalue weighted by Gasteiger charge is -2.41. The van der Waals surface area contributed by atoms with E-state index in [0.29, 0.717) is 18.8 Å². The lowest BCUT2D eigenvalue weighted by molar-refractivity contribution is -0.144. The summed E-state index contributed by atoms with van der Waals surface area (Å²) in [5.41, 5.74) is -0.927. The summed E-state index contributed by atoms with van der Waals surface area (Å²) < 4.78 is 6.35. The molecule has 152 valence electrons. The minimum absolute atomic E-state index is 0.0947. The fourth-order valence-electron chi connectivity index (χ4n) is 4.53. The lowest BCUT2D eigenvalue weighted by atomic mass is 9.65. The highest BCUT2D eigenvalue weighted by molar-refractivity contribution is 6.48. The lowest BCUT2D eigenvalue weighted by Crippen LogP contribution is -2.39. The third kappa shape index (κ3) is 7.07. The molecule has 0 bridgehead atoms. The molecule has 1 aliphatic rings. The summed E-state index contributed by atoms with van der Waals surface area (Å²) in [6.07, 6.45) is 4.94. The Labute approximate surface area is 161 Å².